The second kappa shape index (κ2) is 5.54. The van der Waals surface area contributed by atoms with E-state index in [9.17, 15) is 0 Å². The molecule has 0 spiro atoms. The van der Waals surface area contributed by atoms with E-state index < -0.39 is 0 Å². The van der Waals surface area contributed by atoms with Crippen LogP contribution in [0.5, 0.6) is 0 Å². The second-order valence-electron chi connectivity index (χ2n) is 6.09. The Morgan fingerprint density at radius 1 is 1.00 bits per heavy atom. The predicted octanol–water partition coefficient (Wildman–Crippen LogP) is 4.06. The minimum absolute atomic E-state index is 1.07. The molecular weight excluding hydrogens is 268 g/mol. The molecule has 2 heterocycles. The standard InChI is InChI=1S/C20H20N2/c1-14-4-7-18-17(13-14)6-5-16-3-2-10-22-20(16)19(18)15-8-11-21-12-9-15/h2-7,10,13,21H,8-9,11-12H2,1H3. The molecule has 0 amide bonds. The molecule has 1 saturated heterocycles. The van der Waals surface area contributed by atoms with Gasteiger partial charge in [0.15, 0.2) is 0 Å². The third-order valence-electron chi connectivity index (χ3n) is 4.56. The summed E-state index contributed by atoms with van der Waals surface area (Å²) in [6.07, 6.45) is 8.57. The van der Waals surface area contributed by atoms with Crippen LogP contribution in [0.2, 0.25) is 0 Å². The van der Waals surface area contributed by atoms with Gasteiger partial charge in [0.25, 0.3) is 0 Å². The van der Waals surface area contributed by atoms with Gasteiger partial charge in [-0.05, 0) is 50.0 Å². The molecule has 0 unspecified atom stereocenters. The molecule has 1 N–H and O–H groups in total. The Morgan fingerprint density at radius 2 is 1.82 bits per heavy atom. The third-order valence-corrected chi connectivity index (χ3v) is 4.56. The number of fused-ring (bicyclic) bond motifs is 2. The maximum Gasteiger partial charge on any atom is 0.0780 e. The Balaban J connectivity index is 2.01. The highest BCUT2D eigenvalue weighted by Crippen LogP contribution is 2.37. The van der Waals surface area contributed by atoms with Crippen molar-refractivity contribution in [2.75, 3.05) is 13.1 Å². The van der Waals surface area contributed by atoms with E-state index in [-0.39, 0.29) is 0 Å². The van der Waals surface area contributed by atoms with Gasteiger partial charge in [0.2, 0.25) is 0 Å². The number of aromatic nitrogens is 1. The van der Waals surface area contributed by atoms with Crippen molar-refractivity contribution in [1.82, 2.24) is 10.3 Å². The van der Waals surface area contributed by atoms with Crippen molar-refractivity contribution in [3.63, 3.8) is 0 Å². The Hall–Kier alpha value is -2.19. The molecule has 2 aromatic rings. The first-order chi connectivity index (χ1) is 10.8. The molecule has 0 saturated carbocycles. The number of aryl methyl sites for hydroxylation is 1. The van der Waals surface area contributed by atoms with E-state index in [1.165, 1.54) is 33.4 Å². The maximum absolute atomic E-state index is 4.73. The van der Waals surface area contributed by atoms with Gasteiger partial charge in [0, 0.05) is 17.3 Å². The monoisotopic (exact) mass is 288 g/mol. The summed E-state index contributed by atoms with van der Waals surface area (Å²) in [6.45, 7) is 4.28. The van der Waals surface area contributed by atoms with Crippen LogP contribution in [0.25, 0.3) is 17.7 Å². The molecule has 0 radical (unpaired) electrons. The highest BCUT2D eigenvalue weighted by atomic mass is 14.9. The van der Waals surface area contributed by atoms with Crippen LogP contribution < -0.4 is 5.32 Å². The van der Waals surface area contributed by atoms with Gasteiger partial charge >= 0.3 is 0 Å². The lowest BCUT2D eigenvalue weighted by molar-refractivity contribution is 0.611. The number of pyridine rings is 1. The zero-order valence-corrected chi connectivity index (χ0v) is 12.9. The average molecular weight is 288 g/mol. The van der Waals surface area contributed by atoms with Crippen molar-refractivity contribution >= 4 is 17.7 Å². The van der Waals surface area contributed by atoms with E-state index in [0.29, 0.717) is 0 Å². The molecule has 1 aliphatic carbocycles. The molecule has 0 atom stereocenters. The van der Waals surface area contributed by atoms with E-state index in [0.717, 1.165) is 31.6 Å². The van der Waals surface area contributed by atoms with Crippen LogP contribution in [0.1, 0.15) is 40.8 Å². The van der Waals surface area contributed by atoms with E-state index in [4.69, 9.17) is 4.98 Å². The predicted molar refractivity (Wildman–Crippen MR) is 92.5 cm³/mol. The molecule has 1 fully saturated rings. The summed E-state index contributed by atoms with van der Waals surface area (Å²) in [5.74, 6) is 0. The first kappa shape index (κ1) is 13.5. The molecule has 0 bridgehead atoms. The summed E-state index contributed by atoms with van der Waals surface area (Å²) >= 11 is 0. The van der Waals surface area contributed by atoms with Gasteiger partial charge in [-0.25, -0.2) is 0 Å². The van der Waals surface area contributed by atoms with Gasteiger partial charge in [-0.2, -0.15) is 0 Å². The molecule has 1 aromatic heterocycles. The van der Waals surface area contributed by atoms with Crippen LogP contribution in [0.15, 0.2) is 42.1 Å². The smallest absolute Gasteiger partial charge is 0.0780 e. The number of hydrogen-bond acceptors (Lipinski definition) is 2. The Morgan fingerprint density at radius 3 is 2.68 bits per heavy atom. The summed E-state index contributed by atoms with van der Waals surface area (Å²) < 4.78 is 0. The molecule has 110 valence electrons. The molecule has 2 nitrogen and oxygen atoms in total. The molecular formula is C20H20N2. The molecule has 4 rings (SSSR count). The molecule has 1 aliphatic heterocycles. The lowest BCUT2D eigenvalue weighted by Crippen LogP contribution is -2.24. The summed E-state index contributed by atoms with van der Waals surface area (Å²) in [6, 6.07) is 10.9. The minimum Gasteiger partial charge on any atom is -0.316 e. The van der Waals surface area contributed by atoms with Gasteiger partial charge in [-0.15, -0.1) is 0 Å². The first-order valence-corrected chi connectivity index (χ1v) is 8.00. The van der Waals surface area contributed by atoms with Crippen molar-refractivity contribution in [1.29, 1.82) is 0 Å². The van der Waals surface area contributed by atoms with E-state index >= 15 is 0 Å². The van der Waals surface area contributed by atoms with Crippen molar-refractivity contribution < 1.29 is 0 Å². The normalized spacial score (nSPS) is 17.0. The quantitative estimate of drug-likeness (QED) is 0.675. The van der Waals surface area contributed by atoms with Gasteiger partial charge in [-0.3, -0.25) is 4.98 Å². The fraction of sp³-hybridized carbons (Fsp3) is 0.250. The summed E-state index contributed by atoms with van der Waals surface area (Å²) in [5.41, 5.74) is 9.19. The number of nitrogens with one attached hydrogen (secondary N) is 1. The number of nitrogens with zero attached hydrogens (tertiary/aromatic N) is 1. The fourth-order valence-corrected chi connectivity index (χ4v) is 3.45. The van der Waals surface area contributed by atoms with Crippen LogP contribution in [0.3, 0.4) is 0 Å². The van der Waals surface area contributed by atoms with E-state index in [1.54, 1.807) is 0 Å². The van der Waals surface area contributed by atoms with Crippen LogP contribution in [0, 0.1) is 6.92 Å². The van der Waals surface area contributed by atoms with Crippen molar-refractivity contribution in [3.8, 4) is 0 Å². The van der Waals surface area contributed by atoms with Gasteiger partial charge in [0.1, 0.15) is 0 Å². The molecule has 2 aliphatic rings. The van der Waals surface area contributed by atoms with E-state index in [2.05, 4.69) is 48.7 Å². The Kier molecular flexibility index (Phi) is 3.39. The zero-order valence-electron chi connectivity index (χ0n) is 12.9. The van der Waals surface area contributed by atoms with Crippen LogP contribution in [0.4, 0.5) is 0 Å². The maximum atomic E-state index is 4.73. The molecule has 22 heavy (non-hydrogen) atoms. The lowest BCUT2D eigenvalue weighted by atomic mass is 9.88. The van der Waals surface area contributed by atoms with Gasteiger partial charge < -0.3 is 5.32 Å². The molecule has 1 aromatic carbocycles. The minimum atomic E-state index is 1.07. The number of hydrogen-bond donors (Lipinski definition) is 1. The van der Waals surface area contributed by atoms with E-state index in [1.807, 2.05) is 12.3 Å². The summed E-state index contributed by atoms with van der Waals surface area (Å²) in [4.78, 5) is 4.73. The largest absolute Gasteiger partial charge is 0.316 e. The van der Waals surface area contributed by atoms with Crippen molar-refractivity contribution in [2.24, 2.45) is 0 Å². The van der Waals surface area contributed by atoms with Crippen LogP contribution in [-0.2, 0) is 0 Å². The highest BCUT2D eigenvalue weighted by Gasteiger charge is 2.21. The van der Waals surface area contributed by atoms with Crippen molar-refractivity contribution in [3.05, 3.63) is 70.0 Å². The van der Waals surface area contributed by atoms with Crippen LogP contribution in [-0.4, -0.2) is 18.1 Å². The number of benzene rings is 1. The SMILES string of the molecule is Cc1ccc2c(c1)C=Cc1cccnc1C2=C1CCNCC1. The number of rotatable bonds is 0. The average Bonchev–Trinajstić information content (AvgIpc) is 2.72. The Labute approximate surface area is 131 Å². The van der Waals surface area contributed by atoms with Gasteiger partial charge in [-0.1, -0.05) is 47.6 Å². The second-order valence-corrected chi connectivity index (χ2v) is 6.09. The fourth-order valence-electron chi connectivity index (χ4n) is 3.45. The number of piperidine rings is 1. The summed E-state index contributed by atoms with van der Waals surface area (Å²) in [5, 5.41) is 3.46. The Bertz CT molecular complexity index is 776. The zero-order chi connectivity index (χ0) is 14.9. The lowest BCUT2D eigenvalue weighted by Gasteiger charge is -2.21. The first-order valence-electron chi connectivity index (χ1n) is 8.00. The summed E-state index contributed by atoms with van der Waals surface area (Å²) in [7, 11) is 0. The van der Waals surface area contributed by atoms with Gasteiger partial charge in [0.05, 0.1) is 5.69 Å². The van der Waals surface area contributed by atoms with Crippen molar-refractivity contribution in [2.45, 2.75) is 19.8 Å². The third kappa shape index (κ3) is 2.30. The highest BCUT2D eigenvalue weighted by molar-refractivity contribution is 5.93. The molecule has 2 heteroatoms. The van der Waals surface area contributed by atoms with Crippen LogP contribution >= 0.6 is 0 Å². The topological polar surface area (TPSA) is 24.9 Å².